The van der Waals surface area contributed by atoms with Crippen molar-refractivity contribution >= 4 is 38.5 Å². The van der Waals surface area contributed by atoms with Crippen molar-refractivity contribution in [1.82, 2.24) is 0 Å². The van der Waals surface area contributed by atoms with E-state index in [2.05, 4.69) is 38.5 Å². The third-order valence-electron chi connectivity index (χ3n) is 1.22. The SMILES string of the molecule is Cc1cc(Br)cc(I)c1O. The maximum absolute atomic E-state index is 9.30. The zero-order chi connectivity index (χ0) is 7.72. The van der Waals surface area contributed by atoms with Gasteiger partial charge >= 0.3 is 0 Å². The van der Waals surface area contributed by atoms with E-state index >= 15 is 0 Å². The highest BCUT2D eigenvalue weighted by atomic mass is 127. The molecule has 0 aliphatic heterocycles. The summed E-state index contributed by atoms with van der Waals surface area (Å²) in [6.45, 7) is 1.88. The summed E-state index contributed by atoms with van der Waals surface area (Å²) in [6, 6.07) is 3.76. The summed E-state index contributed by atoms with van der Waals surface area (Å²) in [6.07, 6.45) is 0. The molecule has 0 saturated carbocycles. The lowest BCUT2D eigenvalue weighted by molar-refractivity contribution is 0.467. The Kier molecular flexibility index (Phi) is 2.57. The van der Waals surface area contributed by atoms with Crippen molar-refractivity contribution < 1.29 is 5.11 Å². The van der Waals surface area contributed by atoms with Crippen molar-refractivity contribution in [3.8, 4) is 5.75 Å². The number of phenolic OH excluding ortho intramolecular Hbond substituents is 1. The standard InChI is InChI=1S/C7H6BrIO/c1-4-2-5(8)3-6(9)7(4)10/h2-3,10H,1H3. The Bertz CT molecular complexity index is 237. The van der Waals surface area contributed by atoms with Gasteiger partial charge in [0.15, 0.2) is 0 Å². The lowest BCUT2D eigenvalue weighted by Gasteiger charge is -2.00. The largest absolute Gasteiger partial charge is 0.507 e. The van der Waals surface area contributed by atoms with Gasteiger partial charge < -0.3 is 5.11 Å². The van der Waals surface area contributed by atoms with Gasteiger partial charge in [-0.2, -0.15) is 0 Å². The van der Waals surface area contributed by atoms with Gasteiger partial charge in [-0.1, -0.05) is 15.9 Å². The second-order valence-corrected chi connectivity index (χ2v) is 4.13. The topological polar surface area (TPSA) is 20.2 Å². The van der Waals surface area contributed by atoms with Crippen molar-refractivity contribution in [3.05, 3.63) is 25.7 Å². The Morgan fingerprint density at radius 1 is 1.50 bits per heavy atom. The van der Waals surface area contributed by atoms with E-state index in [-0.39, 0.29) is 0 Å². The fourth-order valence-electron chi connectivity index (χ4n) is 0.695. The summed E-state index contributed by atoms with van der Waals surface area (Å²) >= 11 is 5.43. The number of halogens is 2. The van der Waals surface area contributed by atoms with Gasteiger partial charge in [0.05, 0.1) is 3.57 Å². The lowest BCUT2D eigenvalue weighted by atomic mass is 10.2. The molecular weight excluding hydrogens is 307 g/mol. The maximum atomic E-state index is 9.30. The van der Waals surface area contributed by atoms with Crippen LogP contribution >= 0.6 is 38.5 Å². The van der Waals surface area contributed by atoms with Crippen LogP contribution in [0.1, 0.15) is 5.56 Å². The van der Waals surface area contributed by atoms with Crippen LogP contribution in [0, 0.1) is 10.5 Å². The molecule has 0 spiro atoms. The quantitative estimate of drug-likeness (QED) is 0.730. The van der Waals surface area contributed by atoms with Crippen LogP contribution in [-0.4, -0.2) is 5.11 Å². The van der Waals surface area contributed by atoms with E-state index in [0.29, 0.717) is 5.75 Å². The number of phenols is 1. The number of aromatic hydroxyl groups is 1. The normalized spacial score (nSPS) is 9.90. The van der Waals surface area contributed by atoms with Gasteiger partial charge in [0, 0.05) is 4.47 Å². The van der Waals surface area contributed by atoms with E-state index in [1.54, 1.807) is 0 Å². The third-order valence-corrected chi connectivity index (χ3v) is 2.50. The van der Waals surface area contributed by atoms with Gasteiger partial charge in [0.25, 0.3) is 0 Å². The van der Waals surface area contributed by atoms with Gasteiger partial charge in [-0.05, 0) is 47.2 Å². The fraction of sp³-hybridized carbons (Fsp3) is 0.143. The predicted octanol–water partition coefficient (Wildman–Crippen LogP) is 3.07. The van der Waals surface area contributed by atoms with Crippen molar-refractivity contribution in [2.24, 2.45) is 0 Å². The van der Waals surface area contributed by atoms with Crippen molar-refractivity contribution in [3.63, 3.8) is 0 Å². The Morgan fingerprint density at radius 2 is 2.10 bits per heavy atom. The minimum absolute atomic E-state index is 0.379. The first-order valence-corrected chi connectivity index (χ1v) is 4.63. The fourth-order valence-corrected chi connectivity index (χ4v) is 2.46. The molecule has 0 fully saturated rings. The molecule has 3 heteroatoms. The van der Waals surface area contributed by atoms with Crippen LogP contribution in [0.3, 0.4) is 0 Å². The van der Waals surface area contributed by atoms with Crippen LogP contribution in [0.25, 0.3) is 0 Å². The molecule has 10 heavy (non-hydrogen) atoms. The number of rotatable bonds is 0. The van der Waals surface area contributed by atoms with Crippen LogP contribution in [0.15, 0.2) is 16.6 Å². The first-order valence-electron chi connectivity index (χ1n) is 2.76. The molecule has 54 valence electrons. The zero-order valence-corrected chi connectivity index (χ0v) is 9.10. The van der Waals surface area contributed by atoms with Gasteiger partial charge in [0.2, 0.25) is 0 Å². The number of hydrogen-bond acceptors (Lipinski definition) is 1. The van der Waals surface area contributed by atoms with E-state index in [9.17, 15) is 5.11 Å². The molecular formula is C7H6BrIO. The third kappa shape index (κ3) is 1.63. The number of benzene rings is 1. The average Bonchev–Trinajstić information content (AvgIpc) is 1.82. The van der Waals surface area contributed by atoms with Crippen LogP contribution < -0.4 is 0 Å². The molecule has 1 rings (SSSR count). The summed E-state index contributed by atoms with van der Waals surface area (Å²) in [5.41, 5.74) is 0.902. The highest BCUT2D eigenvalue weighted by molar-refractivity contribution is 14.1. The van der Waals surface area contributed by atoms with E-state index in [1.807, 2.05) is 19.1 Å². The summed E-state index contributed by atoms with van der Waals surface area (Å²) in [4.78, 5) is 0. The Hall–Kier alpha value is 0.230. The predicted molar refractivity (Wildman–Crippen MR) is 53.3 cm³/mol. The molecule has 0 aromatic heterocycles. The highest BCUT2D eigenvalue weighted by Gasteiger charge is 2.01. The second-order valence-electron chi connectivity index (χ2n) is 2.05. The van der Waals surface area contributed by atoms with Gasteiger partial charge in [0.1, 0.15) is 5.75 Å². The highest BCUT2D eigenvalue weighted by Crippen LogP contribution is 2.27. The summed E-state index contributed by atoms with van der Waals surface area (Å²) in [7, 11) is 0. The van der Waals surface area contributed by atoms with Crippen LogP contribution in [0.2, 0.25) is 0 Å². The van der Waals surface area contributed by atoms with E-state index < -0.39 is 0 Å². The first kappa shape index (κ1) is 8.33. The molecule has 0 amide bonds. The molecule has 0 atom stereocenters. The van der Waals surface area contributed by atoms with Gasteiger partial charge in [-0.3, -0.25) is 0 Å². The van der Waals surface area contributed by atoms with E-state index in [0.717, 1.165) is 13.6 Å². The number of hydrogen-bond donors (Lipinski definition) is 1. The Labute approximate surface area is 81.7 Å². The molecule has 0 saturated heterocycles. The van der Waals surface area contributed by atoms with Crippen LogP contribution in [-0.2, 0) is 0 Å². The zero-order valence-electron chi connectivity index (χ0n) is 5.36. The average molecular weight is 313 g/mol. The molecule has 1 nitrogen and oxygen atoms in total. The van der Waals surface area contributed by atoms with Gasteiger partial charge in [-0.15, -0.1) is 0 Å². The van der Waals surface area contributed by atoms with Crippen LogP contribution in [0.4, 0.5) is 0 Å². The molecule has 0 aliphatic carbocycles. The Morgan fingerprint density at radius 3 is 2.60 bits per heavy atom. The summed E-state index contributed by atoms with van der Waals surface area (Å²) in [5, 5.41) is 9.30. The number of aryl methyl sites for hydroxylation is 1. The second kappa shape index (κ2) is 3.09. The van der Waals surface area contributed by atoms with Crippen molar-refractivity contribution in [2.75, 3.05) is 0 Å². The molecule has 0 heterocycles. The van der Waals surface area contributed by atoms with E-state index in [1.165, 1.54) is 0 Å². The van der Waals surface area contributed by atoms with Gasteiger partial charge in [-0.25, -0.2) is 0 Å². The summed E-state index contributed by atoms with van der Waals surface area (Å²) in [5.74, 6) is 0.379. The molecule has 1 N–H and O–H groups in total. The maximum Gasteiger partial charge on any atom is 0.131 e. The van der Waals surface area contributed by atoms with Crippen molar-refractivity contribution in [1.29, 1.82) is 0 Å². The molecule has 1 aromatic carbocycles. The molecule has 1 aromatic rings. The van der Waals surface area contributed by atoms with Crippen LogP contribution in [0.5, 0.6) is 5.75 Å². The minimum atomic E-state index is 0.379. The Balaban J connectivity index is 3.31. The molecule has 0 unspecified atom stereocenters. The summed E-state index contributed by atoms with van der Waals surface area (Å²) < 4.78 is 1.89. The molecule has 0 radical (unpaired) electrons. The van der Waals surface area contributed by atoms with E-state index in [4.69, 9.17) is 0 Å². The lowest BCUT2D eigenvalue weighted by Crippen LogP contribution is -1.79. The van der Waals surface area contributed by atoms with Crippen molar-refractivity contribution in [2.45, 2.75) is 6.92 Å². The molecule has 0 bridgehead atoms. The monoisotopic (exact) mass is 312 g/mol. The minimum Gasteiger partial charge on any atom is -0.507 e. The first-order chi connectivity index (χ1) is 4.61. The molecule has 0 aliphatic rings. The smallest absolute Gasteiger partial charge is 0.131 e.